The zero-order chi connectivity index (χ0) is 19.2. The van der Waals surface area contributed by atoms with Gasteiger partial charge in [-0.25, -0.2) is 18.7 Å². The van der Waals surface area contributed by atoms with Crippen molar-refractivity contribution in [3.05, 3.63) is 82.6 Å². The number of carbonyl (C=O) groups is 1. The lowest BCUT2D eigenvalue weighted by molar-refractivity contribution is 0.0949. The van der Waals surface area contributed by atoms with Crippen molar-refractivity contribution in [2.45, 2.75) is 6.42 Å². The van der Waals surface area contributed by atoms with Crippen LogP contribution < -0.4 is 10.6 Å². The van der Waals surface area contributed by atoms with Crippen molar-refractivity contribution < 1.29 is 13.6 Å². The van der Waals surface area contributed by atoms with E-state index >= 15 is 0 Å². The lowest BCUT2D eigenvalue weighted by Gasteiger charge is -2.08. The third-order valence-corrected chi connectivity index (χ3v) is 3.89. The maximum atomic E-state index is 13.7. The Morgan fingerprint density at radius 2 is 1.96 bits per heavy atom. The zero-order valence-electron chi connectivity index (χ0n) is 14.0. The molecule has 1 aromatic heterocycles. The Morgan fingerprint density at radius 3 is 2.74 bits per heavy atom. The third kappa shape index (κ3) is 5.21. The molecule has 0 aliphatic carbocycles. The van der Waals surface area contributed by atoms with E-state index in [4.69, 9.17) is 11.6 Å². The SMILES string of the molecule is O=C(NCCc1cccc(Cl)c1)c1ccnc(Nc2ccc(F)cc2F)n1. The lowest BCUT2D eigenvalue weighted by atomic mass is 10.1. The number of hydrogen-bond acceptors (Lipinski definition) is 4. The first-order chi connectivity index (χ1) is 13.0. The summed E-state index contributed by atoms with van der Waals surface area (Å²) in [6, 6.07) is 11.9. The van der Waals surface area contributed by atoms with Gasteiger partial charge in [-0.15, -0.1) is 0 Å². The number of amides is 1. The Morgan fingerprint density at radius 1 is 1.11 bits per heavy atom. The van der Waals surface area contributed by atoms with Crippen LogP contribution in [0.2, 0.25) is 5.02 Å². The lowest BCUT2D eigenvalue weighted by Crippen LogP contribution is -2.26. The molecule has 0 aliphatic rings. The fraction of sp³-hybridized carbons (Fsp3) is 0.105. The molecule has 138 valence electrons. The van der Waals surface area contributed by atoms with E-state index in [9.17, 15) is 13.6 Å². The molecular formula is C19H15ClF2N4O. The van der Waals surface area contributed by atoms with Gasteiger partial charge in [-0.1, -0.05) is 23.7 Å². The Balaban J connectivity index is 1.61. The van der Waals surface area contributed by atoms with Gasteiger partial charge in [-0.05, 0) is 42.3 Å². The average Bonchev–Trinajstić information content (AvgIpc) is 2.64. The zero-order valence-corrected chi connectivity index (χ0v) is 14.8. The molecular weight excluding hydrogens is 374 g/mol. The van der Waals surface area contributed by atoms with Crippen LogP contribution in [-0.2, 0) is 6.42 Å². The number of hydrogen-bond donors (Lipinski definition) is 2. The summed E-state index contributed by atoms with van der Waals surface area (Å²) in [5.74, 6) is -1.83. The minimum absolute atomic E-state index is 0.00918. The Hall–Kier alpha value is -3.06. The number of aromatic nitrogens is 2. The highest BCUT2D eigenvalue weighted by Crippen LogP contribution is 2.18. The highest BCUT2D eigenvalue weighted by molar-refractivity contribution is 6.30. The molecule has 3 rings (SSSR count). The molecule has 0 saturated carbocycles. The van der Waals surface area contributed by atoms with Crippen LogP contribution in [-0.4, -0.2) is 22.4 Å². The summed E-state index contributed by atoms with van der Waals surface area (Å²) in [4.78, 5) is 20.2. The van der Waals surface area contributed by atoms with E-state index in [0.29, 0.717) is 18.0 Å². The van der Waals surface area contributed by atoms with Gasteiger partial charge >= 0.3 is 0 Å². The molecule has 0 spiro atoms. The smallest absolute Gasteiger partial charge is 0.270 e. The summed E-state index contributed by atoms with van der Waals surface area (Å²) in [6.07, 6.45) is 1.99. The topological polar surface area (TPSA) is 66.9 Å². The fourth-order valence-corrected chi connectivity index (χ4v) is 2.57. The Bertz CT molecular complexity index is 968. The van der Waals surface area contributed by atoms with Crippen molar-refractivity contribution in [2.75, 3.05) is 11.9 Å². The third-order valence-electron chi connectivity index (χ3n) is 3.65. The van der Waals surface area contributed by atoms with Gasteiger partial charge in [0.2, 0.25) is 5.95 Å². The molecule has 0 atom stereocenters. The second-order valence-corrected chi connectivity index (χ2v) is 6.09. The van der Waals surface area contributed by atoms with Gasteiger partial charge in [0.15, 0.2) is 0 Å². The number of nitrogens with zero attached hydrogens (tertiary/aromatic N) is 2. The molecule has 5 nitrogen and oxygen atoms in total. The molecule has 27 heavy (non-hydrogen) atoms. The molecule has 8 heteroatoms. The van der Waals surface area contributed by atoms with Gasteiger partial charge < -0.3 is 10.6 Å². The van der Waals surface area contributed by atoms with Crippen molar-refractivity contribution >= 4 is 29.1 Å². The van der Waals surface area contributed by atoms with Crippen molar-refractivity contribution in [2.24, 2.45) is 0 Å². The second kappa shape index (κ2) is 8.55. The molecule has 0 unspecified atom stereocenters. The molecule has 2 aromatic carbocycles. The number of carbonyl (C=O) groups excluding carboxylic acids is 1. The van der Waals surface area contributed by atoms with Gasteiger partial charge in [0.05, 0.1) is 5.69 Å². The summed E-state index contributed by atoms with van der Waals surface area (Å²) in [6.45, 7) is 0.401. The van der Waals surface area contributed by atoms with Crippen LogP contribution in [0, 0.1) is 11.6 Å². The molecule has 0 aliphatic heterocycles. The standard InChI is InChI=1S/C19H15ClF2N4O/c20-13-3-1-2-12(10-13)6-8-23-18(27)17-7-9-24-19(26-17)25-16-5-4-14(21)11-15(16)22/h1-5,7,9-11H,6,8H2,(H,23,27)(H,24,25,26). The van der Waals surface area contributed by atoms with Gasteiger partial charge in [-0.3, -0.25) is 4.79 Å². The first kappa shape index (κ1) is 18.7. The van der Waals surface area contributed by atoms with Crippen LogP contribution in [0.1, 0.15) is 16.1 Å². The van der Waals surface area contributed by atoms with Crippen LogP contribution in [0.15, 0.2) is 54.7 Å². The van der Waals surface area contributed by atoms with Crippen LogP contribution in [0.25, 0.3) is 0 Å². The van der Waals surface area contributed by atoms with E-state index in [1.165, 1.54) is 18.3 Å². The van der Waals surface area contributed by atoms with Crippen LogP contribution in [0.4, 0.5) is 20.4 Å². The predicted octanol–water partition coefficient (Wildman–Crippen LogP) is 4.12. The minimum atomic E-state index is -0.782. The Kier molecular flexibility index (Phi) is 5.93. The summed E-state index contributed by atoms with van der Waals surface area (Å²) in [5.41, 5.74) is 1.13. The number of rotatable bonds is 6. The van der Waals surface area contributed by atoms with E-state index in [0.717, 1.165) is 17.7 Å². The van der Waals surface area contributed by atoms with Crippen molar-refractivity contribution in [3.63, 3.8) is 0 Å². The minimum Gasteiger partial charge on any atom is -0.350 e. The van der Waals surface area contributed by atoms with E-state index in [1.807, 2.05) is 18.2 Å². The normalized spacial score (nSPS) is 10.5. The molecule has 0 radical (unpaired) electrons. The van der Waals surface area contributed by atoms with Crippen LogP contribution >= 0.6 is 11.6 Å². The van der Waals surface area contributed by atoms with Gasteiger partial charge in [0.1, 0.15) is 17.3 Å². The summed E-state index contributed by atoms with van der Waals surface area (Å²) < 4.78 is 26.7. The first-order valence-electron chi connectivity index (χ1n) is 8.09. The quantitative estimate of drug-likeness (QED) is 0.666. The van der Waals surface area contributed by atoms with Gasteiger partial charge in [0, 0.05) is 23.8 Å². The molecule has 3 aromatic rings. The molecule has 0 bridgehead atoms. The second-order valence-electron chi connectivity index (χ2n) is 5.65. The van der Waals surface area contributed by atoms with E-state index < -0.39 is 11.6 Å². The number of anilines is 2. The van der Waals surface area contributed by atoms with E-state index in [2.05, 4.69) is 20.6 Å². The van der Waals surface area contributed by atoms with Crippen molar-refractivity contribution in [1.29, 1.82) is 0 Å². The number of nitrogens with one attached hydrogen (secondary N) is 2. The highest BCUT2D eigenvalue weighted by Gasteiger charge is 2.10. The van der Waals surface area contributed by atoms with E-state index in [-0.39, 0.29) is 23.2 Å². The predicted molar refractivity (Wildman–Crippen MR) is 99.2 cm³/mol. The monoisotopic (exact) mass is 388 g/mol. The van der Waals surface area contributed by atoms with Crippen molar-refractivity contribution in [3.8, 4) is 0 Å². The maximum Gasteiger partial charge on any atom is 0.270 e. The molecule has 2 N–H and O–H groups in total. The summed E-state index contributed by atoms with van der Waals surface area (Å²) in [7, 11) is 0. The average molecular weight is 389 g/mol. The van der Waals surface area contributed by atoms with Crippen LogP contribution in [0.3, 0.4) is 0 Å². The molecule has 1 amide bonds. The highest BCUT2D eigenvalue weighted by atomic mass is 35.5. The fourth-order valence-electron chi connectivity index (χ4n) is 2.36. The molecule has 0 fully saturated rings. The van der Waals surface area contributed by atoms with Gasteiger partial charge in [0.25, 0.3) is 5.91 Å². The van der Waals surface area contributed by atoms with Crippen LogP contribution in [0.5, 0.6) is 0 Å². The molecule has 1 heterocycles. The Labute approximate surface area is 159 Å². The van der Waals surface area contributed by atoms with E-state index in [1.54, 1.807) is 6.07 Å². The maximum absolute atomic E-state index is 13.7. The summed E-state index contributed by atoms with van der Waals surface area (Å²) >= 11 is 5.93. The number of benzene rings is 2. The van der Waals surface area contributed by atoms with Crippen molar-refractivity contribution in [1.82, 2.24) is 15.3 Å². The number of halogens is 3. The van der Waals surface area contributed by atoms with Gasteiger partial charge in [-0.2, -0.15) is 0 Å². The largest absolute Gasteiger partial charge is 0.350 e. The molecule has 0 saturated heterocycles. The first-order valence-corrected chi connectivity index (χ1v) is 8.47. The summed E-state index contributed by atoms with van der Waals surface area (Å²) in [5, 5.41) is 6.01.